The molecule has 4 atom stereocenters. The Kier molecular flexibility index (Phi) is 16.8. The van der Waals surface area contributed by atoms with Crippen molar-refractivity contribution in [2.45, 2.75) is 66.4 Å². The summed E-state index contributed by atoms with van der Waals surface area (Å²) in [7, 11) is 1.56. The van der Waals surface area contributed by atoms with E-state index >= 15 is 0 Å². The first-order valence-electron chi connectivity index (χ1n) is 19.5. The van der Waals surface area contributed by atoms with E-state index in [0.29, 0.717) is 44.7 Å². The molecule has 19 heteroatoms. The SMILES string of the molecule is CC(=O)c1cc([N+](=O)[O-])c(Sc2ccc(F)cc2F)s1.COc1ccc(C[C@H](NC(=O)[C@H](C)NC(=O)CN2CCOCC2)C(=O)N[C@@H](Cc2ccccc2)C(=O)[C@@]2(C)CO2)cc1. The number of rotatable bonds is 18. The van der Waals surface area contributed by atoms with Crippen LogP contribution in [-0.4, -0.2) is 109 Å². The van der Waals surface area contributed by atoms with Crippen LogP contribution in [0.5, 0.6) is 5.75 Å². The van der Waals surface area contributed by atoms with Gasteiger partial charge in [-0.05, 0) is 62.6 Å². The number of carbonyl (C=O) groups excluding carboxylic acids is 5. The highest BCUT2D eigenvalue weighted by Crippen LogP contribution is 2.42. The second-order valence-corrected chi connectivity index (χ2v) is 17.1. The van der Waals surface area contributed by atoms with Crippen LogP contribution < -0.4 is 20.7 Å². The first-order chi connectivity index (χ1) is 29.5. The quantitative estimate of drug-likeness (QED) is 0.0528. The minimum Gasteiger partial charge on any atom is -0.497 e. The number of nitro groups is 1. The van der Waals surface area contributed by atoms with Crippen LogP contribution in [0.1, 0.15) is 41.6 Å². The van der Waals surface area contributed by atoms with Crippen LogP contribution in [0.15, 0.2) is 88.0 Å². The Morgan fingerprint density at radius 2 is 1.55 bits per heavy atom. The van der Waals surface area contributed by atoms with Crippen LogP contribution in [0.3, 0.4) is 0 Å². The summed E-state index contributed by atoms with van der Waals surface area (Å²) in [6.07, 6.45) is 0.442. The molecule has 0 radical (unpaired) electrons. The van der Waals surface area contributed by atoms with E-state index in [1.807, 2.05) is 47.4 Å². The van der Waals surface area contributed by atoms with Crippen molar-refractivity contribution in [3.05, 3.63) is 117 Å². The van der Waals surface area contributed by atoms with Gasteiger partial charge in [0.05, 0.1) is 49.3 Å². The molecule has 2 aliphatic heterocycles. The third-order valence-corrected chi connectivity index (χ3v) is 12.3. The van der Waals surface area contributed by atoms with Gasteiger partial charge in [-0.25, -0.2) is 8.78 Å². The topological polar surface area (TPSA) is 199 Å². The van der Waals surface area contributed by atoms with Crippen molar-refractivity contribution in [3.8, 4) is 5.75 Å². The minimum atomic E-state index is -1.01. The Morgan fingerprint density at radius 3 is 2.15 bits per heavy atom. The number of morpholine rings is 1. The molecule has 15 nitrogen and oxygen atoms in total. The third-order valence-electron chi connectivity index (χ3n) is 9.81. The van der Waals surface area contributed by atoms with E-state index in [0.717, 1.165) is 46.4 Å². The van der Waals surface area contributed by atoms with Crippen molar-refractivity contribution in [1.82, 2.24) is 20.9 Å². The highest BCUT2D eigenvalue weighted by atomic mass is 32.2. The Labute approximate surface area is 365 Å². The molecule has 1 aromatic heterocycles. The van der Waals surface area contributed by atoms with Crippen LogP contribution in [0.25, 0.3) is 0 Å². The first-order valence-corrected chi connectivity index (χ1v) is 21.2. The van der Waals surface area contributed by atoms with Crippen molar-refractivity contribution in [2.24, 2.45) is 0 Å². The highest BCUT2D eigenvalue weighted by Gasteiger charge is 2.50. The number of Topliss-reactive ketones (excluding diaryl/α,β-unsaturated/α-hetero) is 2. The minimum absolute atomic E-state index is 0.0615. The standard InChI is InChI=1S/C31H40N4O7.C12H7F2NO3S2/c1-21(32-27(36)19-35-13-15-41-16-14-35)29(38)34-26(18-23-9-11-24(40-3)12-10-23)30(39)33-25(28(37)31(2)20-42-31)17-22-7-5-4-6-8-22;1-6(16)11-5-9(15(17)18)12(20-11)19-10-3-2-7(13)4-8(10)14/h4-12,21,25-26H,13-20H2,1-3H3,(H,32,36)(H,33,39)(H,34,38);2-5H,1H3/t21-,25-,26-,31+;/m0./s1. The van der Waals surface area contributed by atoms with E-state index in [2.05, 4.69) is 16.0 Å². The fraction of sp³-hybridized carbons (Fsp3) is 0.372. The number of halogens is 2. The lowest BCUT2D eigenvalue weighted by Crippen LogP contribution is -2.57. The number of nitrogens with one attached hydrogen (secondary N) is 3. The Balaban J connectivity index is 0.000000302. The lowest BCUT2D eigenvalue weighted by molar-refractivity contribution is -0.387. The van der Waals surface area contributed by atoms with E-state index < -0.39 is 52.1 Å². The average Bonchev–Trinajstić information content (AvgIpc) is 3.85. The number of ether oxygens (including phenoxy) is 3. The Hall–Kier alpha value is -5.60. The summed E-state index contributed by atoms with van der Waals surface area (Å²) < 4.78 is 42.5. The molecule has 3 aromatic carbocycles. The maximum atomic E-state index is 13.7. The van der Waals surface area contributed by atoms with E-state index in [1.165, 1.54) is 13.0 Å². The van der Waals surface area contributed by atoms with Crippen LogP contribution in [-0.2, 0) is 41.5 Å². The fourth-order valence-corrected chi connectivity index (χ4v) is 8.35. The van der Waals surface area contributed by atoms with E-state index in [1.54, 1.807) is 33.1 Å². The maximum absolute atomic E-state index is 13.7. The molecule has 3 amide bonds. The summed E-state index contributed by atoms with van der Waals surface area (Å²) in [4.78, 5) is 76.6. The van der Waals surface area contributed by atoms with E-state index in [9.17, 15) is 42.9 Å². The molecule has 62 heavy (non-hydrogen) atoms. The number of epoxide rings is 1. The number of hydrogen-bond acceptors (Lipinski definition) is 13. The normalized spacial score (nSPS) is 17.3. The predicted octanol–water partition coefficient (Wildman–Crippen LogP) is 4.93. The van der Waals surface area contributed by atoms with Gasteiger partial charge in [-0.3, -0.25) is 39.0 Å². The zero-order chi connectivity index (χ0) is 45.0. The van der Waals surface area contributed by atoms with Crippen molar-refractivity contribution in [2.75, 3.05) is 46.6 Å². The largest absolute Gasteiger partial charge is 0.497 e. The first kappa shape index (κ1) is 47.4. The van der Waals surface area contributed by atoms with E-state index in [4.69, 9.17) is 14.2 Å². The third kappa shape index (κ3) is 13.7. The smallest absolute Gasteiger partial charge is 0.294 e. The fourth-order valence-electron chi connectivity index (χ4n) is 6.17. The summed E-state index contributed by atoms with van der Waals surface area (Å²) in [6, 6.07) is 17.9. The van der Waals surface area contributed by atoms with Crippen LogP contribution in [0.4, 0.5) is 14.5 Å². The molecule has 0 bridgehead atoms. The van der Waals surface area contributed by atoms with Gasteiger partial charge in [0.15, 0.2) is 11.6 Å². The highest BCUT2D eigenvalue weighted by molar-refractivity contribution is 8.01. The van der Waals surface area contributed by atoms with Gasteiger partial charge in [0.25, 0.3) is 5.69 Å². The number of thiophene rings is 1. The van der Waals surface area contributed by atoms with Crippen molar-refractivity contribution < 1.29 is 51.9 Å². The Bertz CT molecular complexity index is 2230. The van der Waals surface area contributed by atoms with Gasteiger partial charge in [-0.2, -0.15) is 0 Å². The average molecular weight is 896 g/mol. The summed E-state index contributed by atoms with van der Waals surface area (Å²) >= 11 is 1.71. The molecule has 4 aromatic rings. The summed E-state index contributed by atoms with van der Waals surface area (Å²) in [5.41, 5.74) is 0.464. The molecule has 0 spiro atoms. The van der Waals surface area contributed by atoms with Crippen LogP contribution >= 0.6 is 23.1 Å². The van der Waals surface area contributed by atoms with E-state index in [-0.39, 0.29) is 56.5 Å². The maximum Gasteiger partial charge on any atom is 0.294 e. The van der Waals surface area contributed by atoms with Crippen molar-refractivity contribution >= 4 is 58.1 Å². The molecule has 3 heterocycles. The number of ketones is 2. The lowest BCUT2D eigenvalue weighted by atomic mass is 9.94. The van der Waals surface area contributed by atoms with Gasteiger partial charge in [0.2, 0.25) is 17.7 Å². The molecule has 2 aliphatic rings. The number of methoxy groups -OCH3 is 1. The monoisotopic (exact) mass is 895 g/mol. The van der Waals surface area contributed by atoms with Gasteiger partial charge in [-0.1, -0.05) is 54.2 Å². The second-order valence-electron chi connectivity index (χ2n) is 14.7. The lowest BCUT2D eigenvalue weighted by Gasteiger charge is -2.27. The van der Waals surface area contributed by atoms with Crippen molar-refractivity contribution in [3.63, 3.8) is 0 Å². The van der Waals surface area contributed by atoms with Gasteiger partial charge < -0.3 is 30.2 Å². The second kappa shape index (κ2) is 22.0. The Morgan fingerprint density at radius 1 is 0.919 bits per heavy atom. The van der Waals surface area contributed by atoms with Gasteiger partial charge in [0, 0.05) is 36.5 Å². The molecule has 0 unspecified atom stereocenters. The molecule has 330 valence electrons. The summed E-state index contributed by atoms with van der Waals surface area (Å²) in [5, 5.41) is 19.3. The molecule has 0 aliphatic carbocycles. The summed E-state index contributed by atoms with van der Waals surface area (Å²) in [6.45, 7) is 7.43. The number of amides is 3. The molecule has 2 saturated heterocycles. The van der Waals surface area contributed by atoms with Crippen LogP contribution in [0.2, 0.25) is 0 Å². The van der Waals surface area contributed by atoms with Gasteiger partial charge >= 0.3 is 0 Å². The number of benzene rings is 3. The van der Waals surface area contributed by atoms with Gasteiger partial charge in [-0.15, -0.1) is 11.3 Å². The molecular weight excluding hydrogens is 849 g/mol. The number of carbonyl (C=O) groups is 5. The van der Waals surface area contributed by atoms with Gasteiger partial charge in [0.1, 0.15) is 39.3 Å². The summed E-state index contributed by atoms with van der Waals surface area (Å²) in [5.74, 6) is -2.71. The molecule has 3 N–H and O–H groups in total. The predicted molar refractivity (Wildman–Crippen MR) is 226 cm³/mol. The number of nitrogens with zero attached hydrogens (tertiary/aromatic N) is 2. The zero-order valence-corrected chi connectivity index (χ0v) is 36.1. The number of hydrogen-bond donors (Lipinski definition) is 3. The molecule has 0 saturated carbocycles. The molecule has 2 fully saturated rings. The molecular formula is C43H47F2N5O10S2. The van der Waals surface area contributed by atoms with Crippen LogP contribution in [0, 0.1) is 21.7 Å². The van der Waals surface area contributed by atoms with Crippen molar-refractivity contribution in [1.29, 1.82) is 0 Å². The molecule has 6 rings (SSSR count). The zero-order valence-electron chi connectivity index (χ0n) is 34.4.